The quantitative estimate of drug-likeness (QED) is 0.337. The van der Waals surface area contributed by atoms with E-state index < -0.39 is 11.7 Å². The summed E-state index contributed by atoms with van der Waals surface area (Å²) in [4.78, 5) is 19.9. The SMILES string of the molecule is CC(C)(C)OC(=O)Nc1cn2c(Br)cccc2n1.Nc1cn2c(Br)cccc2n1. The zero-order valence-corrected chi connectivity index (χ0v) is 19.2. The Kier molecular flexibility index (Phi) is 6.13. The van der Waals surface area contributed by atoms with Gasteiger partial charge in [-0.2, -0.15) is 0 Å². The first-order valence-corrected chi connectivity index (χ1v) is 10.2. The van der Waals surface area contributed by atoms with Crippen LogP contribution in [0, 0.1) is 0 Å². The van der Waals surface area contributed by atoms with Crippen LogP contribution < -0.4 is 11.1 Å². The van der Waals surface area contributed by atoms with Gasteiger partial charge in [0.25, 0.3) is 0 Å². The highest BCUT2D eigenvalue weighted by Gasteiger charge is 2.17. The van der Waals surface area contributed by atoms with E-state index in [0.29, 0.717) is 11.6 Å². The summed E-state index contributed by atoms with van der Waals surface area (Å²) in [6.45, 7) is 5.44. The third-order valence-corrected chi connectivity index (χ3v) is 4.83. The van der Waals surface area contributed by atoms with E-state index in [2.05, 4.69) is 47.1 Å². The van der Waals surface area contributed by atoms with Crippen LogP contribution in [-0.4, -0.2) is 30.5 Å². The van der Waals surface area contributed by atoms with Crippen LogP contribution in [0.1, 0.15) is 20.8 Å². The number of imidazole rings is 2. The molecule has 8 nitrogen and oxygen atoms in total. The number of halogens is 2. The summed E-state index contributed by atoms with van der Waals surface area (Å²) >= 11 is 6.78. The van der Waals surface area contributed by atoms with Crippen LogP contribution in [0.5, 0.6) is 0 Å². The van der Waals surface area contributed by atoms with E-state index in [1.54, 1.807) is 12.4 Å². The predicted molar refractivity (Wildman–Crippen MR) is 120 cm³/mol. The lowest BCUT2D eigenvalue weighted by Gasteiger charge is -2.18. The molecule has 3 N–H and O–H groups in total. The van der Waals surface area contributed by atoms with Gasteiger partial charge in [-0.15, -0.1) is 0 Å². The first-order chi connectivity index (χ1) is 13.6. The molecule has 4 aromatic rings. The number of rotatable bonds is 1. The lowest BCUT2D eigenvalue weighted by atomic mass is 10.2. The summed E-state index contributed by atoms with van der Waals surface area (Å²) in [7, 11) is 0. The third kappa shape index (κ3) is 5.48. The van der Waals surface area contributed by atoms with Crippen molar-refractivity contribution in [1.29, 1.82) is 0 Å². The summed E-state index contributed by atoms with van der Waals surface area (Å²) in [5.41, 5.74) is 6.59. The van der Waals surface area contributed by atoms with E-state index in [0.717, 1.165) is 20.5 Å². The predicted octanol–water partition coefficient (Wildman–Crippen LogP) is 5.12. The van der Waals surface area contributed by atoms with Crippen LogP contribution in [0.15, 0.2) is 58.0 Å². The van der Waals surface area contributed by atoms with Crippen molar-refractivity contribution < 1.29 is 9.53 Å². The number of amides is 1. The summed E-state index contributed by atoms with van der Waals surface area (Å²) in [5.74, 6) is 0.994. The summed E-state index contributed by atoms with van der Waals surface area (Å²) < 4.78 is 10.7. The minimum atomic E-state index is -0.524. The topological polar surface area (TPSA) is 98.9 Å². The maximum Gasteiger partial charge on any atom is 0.413 e. The molecule has 4 rings (SSSR count). The smallest absolute Gasteiger partial charge is 0.413 e. The third-order valence-electron chi connectivity index (χ3n) is 3.53. The van der Waals surface area contributed by atoms with Crippen molar-refractivity contribution in [2.24, 2.45) is 0 Å². The fraction of sp³-hybridized carbons (Fsp3) is 0.211. The van der Waals surface area contributed by atoms with Crippen molar-refractivity contribution in [2.45, 2.75) is 26.4 Å². The molecule has 0 fully saturated rings. The normalized spacial score (nSPS) is 11.2. The molecule has 10 heteroatoms. The minimum Gasteiger partial charge on any atom is -0.444 e. The second-order valence-corrected chi connectivity index (χ2v) is 8.70. The van der Waals surface area contributed by atoms with Gasteiger partial charge in [0.1, 0.15) is 22.7 Å². The van der Waals surface area contributed by atoms with E-state index in [1.165, 1.54) is 0 Å². The van der Waals surface area contributed by atoms with Gasteiger partial charge in [0, 0.05) is 0 Å². The average Bonchev–Trinajstić information content (AvgIpc) is 3.18. The van der Waals surface area contributed by atoms with Gasteiger partial charge in [-0.1, -0.05) is 12.1 Å². The lowest BCUT2D eigenvalue weighted by Crippen LogP contribution is -2.27. The molecule has 0 aromatic carbocycles. The molecule has 152 valence electrons. The monoisotopic (exact) mass is 522 g/mol. The van der Waals surface area contributed by atoms with Crippen molar-refractivity contribution in [3.8, 4) is 0 Å². The van der Waals surface area contributed by atoms with Crippen molar-refractivity contribution in [1.82, 2.24) is 18.8 Å². The number of carbonyl (C=O) groups excluding carboxylic acids is 1. The van der Waals surface area contributed by atoms with Gasteiger partial charge in [-0.3, -0.25) is 14.1 Å². The molecule has 29 heavy (non-hydrogen) atoms. The number of nitrogens with zero attached hydrogens (tertiary/aromatic N) is 4. The number of hydrogen-bond donors (Lipinski definition) is 2. The zero-order chi connectivity index (χ0) is 21.2. The highest BCUT2D eigenvalue weighted by atomic mass is 79.9. The summed E-state index contributed by atoms with van der Waals surface area (Å²) in [5, 5.41) is 2.60. The Morgan fingerprint density at radius 2 is 1.55 bits per heavy atom. The van der Waals surface area contributed by atoms with Crippen LogP contribution in [0.3, 0.4) is 0 Å². The number of hydrogen-bond acceptors (Lipinski definition) is 5. The first kappa shape index (κ1) is 21.1. The number of nitrogens with two attached hydrogens (primary N) is 1. The maximum absolute atomic E-state index is 11.6. The van der Waals surface area contributed by atoms with Crippen LogP contribution >= 0.6 is 31.9 Å². The molecular formula is C19H20Br2N6O2. The molecule has 0 radical (unpaired) electrons. The van der Waals surface area contributed by atoms with E-state index in [-0.39, 0.29) is 0 Å². The van der Waals surface area contributed by atoms with Gasteiger partial charge < -0.3 is 10.5 Å². The van der Waals surface area contributed by atoms with Gasteiger partial charge in [0.05, 0.1) is 21.6 Å². The molecular weight excluding hydrogens is 504 g/mol. The zero-order valence-electron chi connectivity index (χ0n) is 16.1. The summed E-state index contributed by atoms with van der Waals surface area (Å²) in [6.07, 6.45) is 2.99. The molecule has 4 heterocycles. The number of fused-ring (bicyclic) bond motifs is 2. The number of ether oxygens (including phenoxy) is 1. The van der Waals surface area contributed by atoms with Gasteiger partial charge in [-0.05, 0) is 76.9 Å². The Hall–Kier alpha value is -2.59. The number of pyridine rings is 2. The molecule has 0 unspecified atom stereocenters. The highest BCUT2D eigenvalue weighted by Crippen LogP contribution is 2.17. The van der Waals surface area contributed by atoms with E-state index in [4.69, 9.17) is 10.5 Å². The first-order valence-electron chi connectivity index (χ1n) is 8.65. The molecule has 4 aromatic heterocycles. The average molecular weight is 524 g/mol. The molecule has 0 aliphatic rings. The van der Waals surface area contributed by atoms with Gasteiger partial charge in [-0.25, -0.2) is 14.8 Å². The Morgan fingerprint density at radius 3 is 2.07 bits per heavy atom. The molecule has 0 aliphatic carbocycles. The highest BCUT2D eigenvalue weighted by molar-refractivity contribution is 9.10. The number of anilines is 2. The standard InChI is InChI=1S/C12H14BrN3O2.C7H6BrN3/c1-12(2,3)18-11(17)15-9-7-16-8(13)5-4-6-10(16)14-9;8-5-2-1-3-7-10-6(9)4-11(5)7/h4-7H,1-3H3,(H,15,17);1-4H,9H2. The molecule has 0 saturated carbocycles. The minimum absolute atomic E-state index is 0.455. The molecule has 0 bridgehead atoms. The number of aromatic nitrogens is 4. The fourth-order valence-corrected chi connectivity index (χ4v) is 3.31. The van der Waals surface area contributed by atoms with Gasteiger partial charge in [0.15, 0.2) is 5.82 Å². The fourth-order valence-electron chi connectivity index (χ4n) is 2.44. The van der Waals surface area contributed by atoms with Gasteiger partial charge >= 0.3 is 6.09 Å². The molecule has 0 atom stereocenters. The van der Waals surface area contributed by atoms with Gasteiger partial charge in [0.2, 0.25) is 0 Å². The van der Waals surface area contributed by atoms with Crippen LogP contribution in [0.2, 0.25) is 0 Å². The van der Waals surface area contributed by atoms with Crippen molar-refractivity contribution in [2.75, 3.05) is 11.1 Å². The van der Waals surface area contributed by atoms with Crippen LogP contribution in [0.25, 0.3) is 11.3 Å². The molecule has 0 saturated heterocycles. The Balaban J connectivity index is 0.000000186. The Morgan fingerprint density at radius 1 is 1.00 bits per heavy atom. The van der Waals surface area contributed by atoms with E-state index in [1.807, 2.05) is 66.0 Å². The lowest BCUT2D eigenvalue weighted by molar-refractivity contribution is 0.0635. The van der Waals surface area contributed by atoms with Crippen LogP contribution in [-0.2, 0) is 4.74 Å². The van der Waals surface area contributed by atoms with E-state index >= 15 is 0 Å². The second kappa shape index (κ2) is 8.42. The Bertz CT molecular complexity index is 1160. The number of nitrogens with one attached hydrogen (secondary N) is 1. The van der Waals surface area contributed by atoms with E-state index in [9.17, 15) is 4.79 Å². The van der Waals surface area contributed by atoms with Crippen molar-refractivity contribution >= 4 is 60.9 Å². The Labute approximate surface area is 184 Å². The molecule has 0 spiro atoms. The van der Waals surface area contributed by atoms with Crippen molar-refractivity contribution in [3.05, 3.63) is 58.0 Å². The van der Waals surface area contributed by atoms with Crippen LogP contribution in [0.4, 0.5) is 16.4 Å². The number of nitrogen functional groups attached to an aromatic ring is 1. The van der Waals surface area contributed by atoms with Crippen molar-refractivity contribution in [3.63, 3.8) is 0 Å². The molecule has 0 aliphatic heterocycles. The molecule has 1 amide bonds. The number of carbonyl (C=O) groups is 1. The summed E-state index contributed by atoms with van der Waals surface area (Å²) in [6, 6.07) is 11.4. The maximum atomic E-state index is 11.6. The second-order valence-electron chi connectivity index (χ2n) is 7.07. The largest absolute Gasteiger partial charge is 0.444 e.